The standard InChI is InChI=1S/C17H15FN2OS2/c18-14-7-3-4-8-15(14)20-16(21)13-6-2-1-5-12(13)11-23-17-19-9-10-22-17/h1-8H,9-11H2,(H,20,21). The Hall–Kier alpha value is -1.79. The van der Waals surface area contributed by atoms with E-state index in [1.165, 1.54) is 6.07 Å². The van der Waals surface area contributed by atoms with Crippen LogP contribution in [0.1, 0.15) is 15.9 Å². The van der Waals surface area contributed by atoms with E-state index in [4.69, 9.17) is 0 Å². The highest BCUT2D eigenvalue weighted by molar-refractivity contribution is 8.38. The molecule has 23 heavy (non-hydrogen) atoms. The summed E-state index contributed by atoms with van der Waals surface area (Å²) in [4.78, 5) is 16.9. The van der Waals surface area contributed by atoms with Gasteiger partial charge in [0.2, 0.25) is 0 Å². The molecule has 1 amide bonds. The van der Waals surface area contributed by atoms with Gasteiger partial charge >= 0.3 is 0 Å². The third-order valence-corrected chi connectivity index (χ3v) is 5.59. The number of hydrogen-bond acceptors (Lipinski definition) is 4. The third-order valence-electron chi connectivity index (χ3n) is 3.29. The van der Waals surface area contributed by atoms with Crippen molar-refractivity contribution in [2.24, 2.45) is 4.99 Å². The molecule has 1 N–H and O–H groups in total. The molecule has 0 unspecified atom stereocenters. The van der Waals surface area contributed by atoms with Crippen LogP contribution in [-0.4, -0.2) is 22.6 Å². The summed E-state index contributed by atoms with van der Waals surface area (Å²) in [6, 6.07) is 13.6. The number of benzene rings is 2. The molecule has 3 nitrogen and oxygen atoms in total. The normalized spacial score (nSPS) is 13.7. The van der Waals surface area contributed by atoms with Crippen LogP contribution in [0, 0.1) is 5.82 Å². The number of rotatable bonds is 4. The van der Waals surface area contributed by atoms with Crippen LogP contribution >= 0.6 is 23.5 Å². The van der Waals surface area contributed by atoms with Crippen LogP contribution in [0.4, 0.5) is 10.1 Å². The van der Waals surface area contributed by atoms with Gasteiger partial charge in [0.15, 0.2) is 0 Å². The molecular formula is C17H15FN2OS2. The average molecular weight is 346 g/mol. The summed E-state index contributed by atoms with van der Waals surface area (Å²) < 4.78 is 14.7. The van der Waals surface area contributed by atoms with Crippen molar-refractivity contribution >= 4 is 39.5 Å². The fraction of sp³-hybridized carbons (Fsp3) is 0.176. The predicted molar refractivity (Wildman–Crippen MR) is 96.9 cm³/mol. The van der Waals surface area contributed by atoms with Crippen molar-refractivity contribution in [2.45, 2.75) is 5.75 Å². The first-order valence-corrected chi connectivity index (χ1v) is 9.15. The first-order valence-electron chi connectivity index (χ1n) is 7.18. The number of thioether (sulfide) groups is 2. The molecule has 1 aliphatic heterocycles. The molecule has 1 aliphatic rings. The van der Waals surface area contributed by atoms with Gasteiger partial charge in [-0.1, -0.05) is 53.9 Å². The number of aliphatic imine (C=N–C) groups is 1. The zero-order valence-electron chi connectivity index (χ0n) is 12.3. The number of carbonyl (C=O) groups excluding carboxylic acids is 1. The Morgan fingerprint density at radius 1 is 1.22 bits per heavy atom. The Labute approximate surface area is 142 Å². The van der Waals surface area contributed by atoms with E-state index in [0.29, 0.717) is 11.3 Å². The second kappa shape index (κ2) is 7.66. The minimum atomic E-state index is -0.440. The number of nitrogens with one attached hydrogen (secondary N) is 1. The van der Waals surface area contributed by atoms with Gasteiger partial charge in [0.05, 0.1) is 12.2 Å². The smallest absolute Gasteiger partial charge is 0.256 e. The number of para-hydroxylation sites is 1. The van der Waals surface area contributed by atoms with Crippen LogP contribution in [0.3, 0.4) is 0 Å². The van der Waals surface area contributed by atoms with Gasteiger partial charge in [-0.15, -0.1) is 0 Å². The molecule has 2 aromatic rings. The van der Waals surface area contributed by atoms with Crippen molar-refractivity contribution in [3.05, 3.63) is 65.5 Å². The number of amides is 1. The summed E-state index contributed by atoms with van der Waals surface area (Å²) in [6.45, 7) is 0.864. The van der Waals surface area contributed by atoms with E-state index in [0.717, 1.165) is 22.2 Å². The number of hydrogen-bond donors (Lipinski definition) is 1. The minimum absolute atomic E-state index is 0.190. The van der Waals surface area contributed by atoms with Crippen molar-refractivity contribution in [1.29, 1.82) is 0 Å². The second-order valence-corrected chi connectivity index (χ2v) is 7.18. The van der Waals surface area contributed by atoms with Crippen molar-refractivity contribution in [2.75, 3.05) is 17.6 Å². The van der Waals surface area contributed by atoms with Crippen LogP contribution in [0.2, 0.25) is 0 Å². The Morgan fingerprint density at radius 3 is 2.78 bits per heavy atom. The largest absolute Gasteiger partial charge is 0.319 e. The maximum absolute atomic E-state index is 13.7. The van der Waals surface area contributed by atoms with E-state index in [-0.39, 0.29) is 11.6 Å². The summed E-state index contributed by atoms with van der Waals surface area (Å²) in [7, 11) is 0. The molecule has 1 heterocycles. The van der Waals surface area contributed by atoms with Gasteiger partial charge in [0.25, 0.3) is 5.91 Å². The van der Waals surface area contributed by atoms with Crippen LogP contribution in [-0.2, 0) is 5.75 Å². The highest BCUT2D eigenvalue weighted by Crippen LogP contribution is 2.27. The molecule has 0 fully saturated rings. The van der Waals surface area contributed by atoms with Crippen LogP contribution in [0.15, 0.2) is 53.5 Å². The molecule has 0 aliphatic carbocycles. The molecule has 0 spiro atoms. The summed E-state index contributed by atoms with van der Waals surface area (Å²) in [6.07, 6.45) is 0. The highest BCUT2D eigenvalue weighted by atomic mass is 32.2. The van der Waals surface area contributed by atoms with E-state index >= 15 is 0 Å². The van der Waals surface area contributed by atoms with E-state index in [1.54, 1.807) is 47.8 Å². The maximum Gasteiger partial charge on any atom is 0.256 e. The topological polar surface area (TPSA) is 41.5 Å². The zero-order valence-corrected chi connectivity index (χ0v) is 13.9. The van der Waals surface area contributed by atoms with Gasteiger partial charge in [0.1, 0.15) is 10.2 Å². The van der Waals surface area contributed by atoms with Gasteiger partial charge in [-0.25, -0.2) is 4.39 Å². The minimum Gasteiger partial charge on any atom is -0.319 e. The lowest BCUT2D eigenvalue weighted by Crippen LogP contribution is -2.15. The molecule has 0 bridgehead atoms. The van der Waals surface area contributed by atoms with Gasteiger partial charge in [-0.2, -0.15) is 0 Å². The fourth-order valence-corrected chi connectivity index (χ4v) is 4.18. The first kappa shape index (κ1) is 16.1. The molecule has 6 heteroatoms. The number of nitrogens with zero attached hydrogens (tertiary/aromatic N) is 1. The monoisotopic (exact) mass is 346 g/mol. The molecule has 2 aromatic carbocycles. The number of anilines is 1. The molecule has 0 aromatic heterocycles. The lowest BCUT2D eigenvalue weighted by atomic mass is 10.1. The Balaban J connectivity index is 1.74. The SMILES string of the molecule is O=C(Nc1ccccc1F)c1ccccc1CSC1=NCCS1. The summed E-state index contributed by atoms with van der Waals surface area (Å²) in [5.74, 6) is 0.960. The van der Waals surface area contributed by atoms with Gasteiger partial charge in [-0.3, -0.25) is 9.79 Å². The van der Waals surface area contributed by atoms with Crippen molar-refractivity contribution in [3.63, 3.8) is 0 Å². The zero-order chi connectivity index (χ0) is 16.1. The van der Waals surface area contributed by atoms with Crippen LogP contribution in [0.25, 0.3) is 0 Å². The molecule has 118 valence electrons. The molecule has 3 rings (SSSR count). The van der Waals surface area contributed by atoms with E-state index < -0.39 is 5.82 Å². The Kier molecular flexibility index (Phi) is 5.35. The van der Waals surface area contributed by atoms with E-state index in [1.807, 2.05) is 18.2 Å². The second-order valence-electron chi connectivity index (χ2n) is 4.88. The van der Waals surface area contributed by atoms with Crippen molar-refractivity contribution in [1.82, 2.24) is 0 Å². The molecule has 0 atom stereocenters. The third kappa shape index (κ3) is 4.14. The van der Waals surface area contributed by atoms with E-state index in [9.17, 15) is 9.18 Å². The Morgan fingerprint density at radius 2 is 2.00 bits per heavy atom. The van der Waals surface area contributed by atoms with Gasteiger partial charge < -0.3 is 5.32 Å². The van der Waals surface area contributed by atoms with E-state index in [2.05, 4.69) is 10.3 Å². The molecule has 0 saturated heterocycles. The van der Waals surface area contributed by atoms with Gasteiger partial charge in [0, 0.05) is 17.1 Å². The quantitative estimate of drug-likeness (QED) is 0.891. The average Bonchev–Trinajstić information content (AvgIpc) is 3.09. The molecular weight excluding hydrogens is 331 g/mol. The maximum atomic E-state index is 13.7. The fourth-order valence-electron chi connectivity index (χ4n) is 2.16. The first-order chi connectivity index (χ1) is 11.2. The molecule has 0 saturated carbocycles. The van der Waals surface area contributed by atoms with Crippen molar-refractivity contribution < 1.29 is 9.18 Å². The van der Waals surface area contributed by atoms with Crippen molar-refractivity contribution in [3.8, 4) is 0 Å². The van der Waals surface area contributed by atoms with Crippen LogP contribution < -0.4 is 5.32 Å². The predicted octanol–water partition coefficient (Wildman–Crippen LogP) is 4.41. The lowest BCUT2D eigenvalue weighted by molar-refractivity contribution is 0.102. The Bertz CT molecular complexity index is 749. The lowest BCUT2D eigenvalue weighted by Gasteiger charge is -2.10. The summed E-state index contributed by atoms with van der Waals surface area (Å²) in [5.41, 5.74) is 1.67. The van der Waals surface area contributed by atoms with Crippen LogP contribution in [0.5, 0.6) is 0 Å². The summed E-state index contributed by atoms with van der Waals surface area (Å²) in [5, 5.41) is 2.64. The summed E-state index contributed by atoms with van der Waals surface area (Å²) >= 11 is 3.38. The number of halogens is 1. The number of carbonyl (C=O) groups is 1. The van der Waals surface area contributed by atoms with Gasteiger partial charge in [-0.05, 0) is 23.8 Å². The highest BCUT2D eigenvalue weighted by Gasteiger charge is 2.14. The molecule has 0 radical (unpaired) electrons.